The Morgan fingerprint density at radius 1 is 1.12 bits per heavy atom. The summed E-state index contributed by atoms with van der Waals surface area (Å²) in [5.41, 5.74) is -0.876. The first-order valence-electron chi connectivity index (χ1n) is 8.20. The fraction of sp³-hybridized carbons (Fsp3) is 0.278. The average molecular weight is 381 g/mol. The van der Waals surface area contributed by atoms with Gasteiger partial charge in [-0.25, -0.2) is 8.70 Å². The van der Waals surface area contributed by atoms with Crippen LogP contribution in [0.5, 0.6) is 0 Å². The van der Waals surface area contributed by atoms with Gasteiger partial charge in [0.25, 0.3) is 0 Å². The summed E-state index contributed by atoms with van der Waals surface area (Å²) >= 11 is 1.41. The first-order valence-corrected chi connectivity index (χ1v) is 8.97. The fourth-order valence-corrected chi connectivity index (χ4v) is 4.25. The molecule has 3 nitrogen and oxygen atoms in total. The lowest BCUT2D eigenvalue weighted by Gasteiger charge is -2.14. The fourth-order valence-electron chi connectivity index (χ4n) is 3.21. The standard InChI is InChI=1S/C18H15F4N3S/c19-13-10-12(18(20,21)22)16(14-5-1-2-6-23-14)11-9-15(24-17(11)13)26-25-7-3-4-8-25/h1-2,5-6,9-10,24H,3-4,7-8H2. The minimum atomic E-state index is -4.68. The van der Waals surface area contributed by atoms with Crippen LogP contribution in [-0.2, 0) is 6.18 Å². The van der Waals surface area contributed by atoms with Gasteiger partial charge in [0, 0.05) is 30.2 Å². The van der Waals surface area contributed by atoms with Gasteiger partial charge in [-0.3, -0.25) is 4.98 Å². The third-order valence-electron chi connectivity index (χ3n) is 4.36. The van der Waals surface area contributed by atoms with Crippen molar-refractivity contribution in [3.63, 3.8) is 0 Å². The van der Waals surface area contributed by atoms with Crippen molar-refractivity contribution in [1.29, 1.82) is 0 Å². The average Bonchev–Trinajstić information content (AvgIpc) is 3.25. The Morgan fingerprint density at radius 2 is 1.88 bits per heavy atom. The number of halogens is 4. The van der Waals surface area contributed by atoms with Crippen molar-refractivity contribution in [3.8, 4) is 11.3 Å². The topological polar surface area (TPSA) is 31.9 Å². The van der Waals surface area contributed by atoms with E-state index in [2.05, 4.69) is 14.3 Å². The van der Waals surface area contributed by atoms with Gasteiger partial charge in [0.15, 0.2) is 0 Å². The first-order chi connectivity index (χ1) is 12.4. The number of alkyl halides is 3. The maximum atomic E-state index is 14.4. The molecule has 0 saturated carbocycles. The van der Waals surface area contributed by atoms with E-state index in [9.17, 15) is 17.6 Å². The van der Waals surface area contributed by atoms with Crippen molar-refractivity contribution in [2.45, 2.75) is 24.0 Å². The maximum absolute atomic E-state index is 14.4. The molecule has 0 aliphatic carbocycles. The van der Waals surface area contributed by atoms with E-state index in [1.807, 2.05) is 0 Å². The Kier molecular flexibility index (Phi) is 4.40. The molecule has 136 valence electrons. The van der Waals surface area contributed by atoms with Gasteiger partial charge < -0.3 is 4.98 Å². The predicted octanol–water partition coefficient (Wildman–Crippen LogP) is 5.49. The van der Waals surface area contributed by atoms with Crippen molar-refractivity contribution in [3.05, 3.63) is 47.9 Å². The number of aromatic nitrogens is 2. The molecule has 26 heavy (non-hydrogen) atoms. The molecular weight excluding hydrogens is 366 g/mol. The first kappa shape index (κ1) is 17.4. The number of nitrogens with zero attached hydrogens (tertiary/aromatic N) is 2. The third kappa shape index (κ3) is 3.19. The van der Waals surface area contributed by atoms with Crippen molar-refractivity contribution in [2.75, 3.05) is 13.1 Å². The molecule has 0 unspecified atom stereocenters. The van der Waals surface area contributed by atoms with Crippen molar-refractivity contribution >= 4 is 22.9 Å². The van der Waals surface area contributed by atoms with Crippen LogP contribution in [0.15, 0.2) is 41.6 Å². The zero-order valence-corrected chi connectivity index (χ0v) is 14.4. The summed E-state index contributed by atoms with van der Waals surface area (Å²) in [6, 6.07) is 6.88. The number of rotatable bonds is 3. The van der Waals surface area contributed by atoms with E-state index in [1.165, 1.54) is 24.2 Å². The molecule has 1 fully saturated rings. The quantitative estimate of drug-likeness (QED) is 0.481. The van der Waals surface area contributed by atoms with E-state index >= 15 is 0 Å². The number of pyridine rings is 1. The second kappa shape index (κ2) is 6.59. The van der Waals surface area contributed by atoms with E-state index in [4.69, 9.17) is 0 Å². The highest BCUT2D eigenvalue weighted by Crippen LogP contribution is 2.43. The molecule has 0 amide bonds. The van der Waals surface area contributed by atoms with E-state index < -0.39 is 17.6 Å². The second-order valence-electron chi connectivity index (χ2n) is 6.14. The van der Waals surface area contributed by atoms with Crippen LogP contribution in [0, 0.1) is 5.82 Å². The molecule has 0 radical (unpaired) electrons. The highest BCUT2D eigenvalue weighted by Gasteiger charge is 2.36. The van der Waals surface area contributed by atoms with Crippen molar-refractivity contribution in [2.24, 2.45) is 0 Å². The molecule has 1 aliphatic rings. The van der Waals surface area contributed by atoms with Gasteiger partial charge in [-0.15, -0.1) is 0 Å². The molecule has 2 aromatic heterocycles. The number of fused-ring (bicyclic) bond motifs is 1. The maximum Gasteiger partial charge on any atom is 0.417 e. The molecule has 3 aromatic rings. The minimum absolute atomic E-state index is 0.0698. The van der Waals surface area contributed by atoms with Gasteiger partial charge in [-0.2, -0.15) is 13.2 Å². The van der Waals surface area contributed by atoms with Crippen LogP contribution in [0.2, 0.25) is 0 Å². The number of nitrogens with one attached hydrogen (secondary N) is 1. The van der Waals surface area contributed by atoms with E-state index in [0.717, 1.165) is 25.9 Å². The lowest BCUT2D eigenvalue weighted by Crippen LogP contribution is -2.09. The van der Waals surface area contributed by atoms with Gasteiger partial charge in [0.1, 0.15) is 5.82 Å². The van der Waals surface area contributed by atoms with E-state index in [-0.39, 0.29) is 22.2 Å². The molecule has 1 aliphatic heterocycles. The summed E-state index contributed by atoms with van der Waals surface area (Å²) in [7, 11) is 0. The molecule has 4 rings (SSSR count). The normalized spacial score (nSPS) is 15.8. The highest BCUT2D eigenvalue weighted by molar-refractivity contribution is 7.97. The summed E-state index contributed by atoms with van der Waals surface area (Å²) < 4.78 is 57.2. The van der Waals surface area contributed by atoms with E-state index in [1.54, 1.807) is 18.2 Å². The number of hydrogen-bond donors (Lipinski definition) is 1. The SMILES string of the molecule is Fc1cc(C(F)(F)F)c(-c2ccccn2)c2cc(SN3CCCC3)[nH]c12. The molecular formula is C18H15F4N3S. The van der Waals surface area contributed by atoms with Gasteiger partial charge >= 0.3 is 6.18 Å². The van der Waals surface area contributed by atoms with Crippen LogP contribution in [0.25, 0.3) is 22.2 Å². The number of aromatic amines is 1. The zero-order valence-electron chi connectivity index (χ0n) is 13.6. The monoisotopic (exact) mass is 381 g/mol. The second-order valence-corrected chi connectivity index (χ2v) is 7.28. The van der Waals surface area contributed by atoms with Crippen LogP contribution < -0.4 is 0 Å². The number of benzene rings is 1. The van der Waals surface area contributed by atoms with Crippen LogP contribution in [0.4, 0.5) is 17.6 Å². The molecule has 0 bridgehead atoms. The third-order valence-corrected chi connectivity index (χ3v) is 5.40. The summed E-state index contributed by atoms with van der Waals surface area (Å²) in [4.78, 5) is 6.99. The van der Waals surface area contributed by atoms with Gasteiger partial charge in [0.2, 0.25) is 0 Å². The molecule has 1 saturated heterocycles. The number of hydrogen-bond acceptors (Lipinski definition) is 3. The summed E-state index contributed by atoms with van der Waals surface area (Å²) in [6.07, 6.45) is -1.09. The zero-order chi connectivity index (χ0) is 18.3. The number of H-pyrrole nitrogens is 1. The molecule has 8 heteroatoms. The molecule has 1 N–H and O–H groups in total. The smallest absolute Gasteiger partial charge is 0.346 e. The predicted molar refractivity (Wildman–Crippen MR) is 93.2 cm³/mol. The van der Waals surface area contributed by atoms with Crippen LogP contribution in [-0.4, -0.2) is 27.4 Å². The van der Waals surface area contributed by atoms with Gasteiger partial charge in [0.05, 0.1) is 21.8 Å². The Hall–Kier alpha value is -2.06. The van der Waals surface area contributed by atoms with Crippen LogP contribution >= 0.6 is 11.9 Å². The molecule has 3 heterocycles. The summed E-state index contributed by atoms with van der Waals surface area (Å²) in [6.45, 7) is 1.81. The largest absolute Gasteiger partial charge is 0.417 e. The highest BCUT2D eigenvalue weighted by atomic mass is 32.2. The van der Waals surface area contributed by atoms with Gasteiger partial charge in [-0.05, 0) is 49.1 Å². The summed E-state index contributed by atoms with van der Waals surface area (Å²) in [5.74, 6) is -0.916. The van der Waals surface area contributed by atoms with Crippen molar-refractivity contribution in [1.82, 2.24) is 14.3 Å². The Balaban J connectivity index is 1.91. The Bertz CT molecular complexity index is 931. The van der Waals surface area contributed by atoms with E-state index in [0.29, 0.717) is 11.1 Å². The summed E-state index contributed by atoms with van der Waals surface area (Å²) in [5, 5.41) is 0.815. The van der Waals surface area contributed by atoms with Crippen LogP contribution in [0.3, 0.4) is 0 Å². The lowest BCUT2D eigenvalue weighted by atomic mass is 9.98. The lowest BCUT2D eigenvalue weighted by molar-refractivity contribution is -0.137. The van der Waals surface area contributed by atoms with Gasteiger partial charge in [-0.1, -0.05) is 6.07 Å². The van der Waals surface area contributed by atoms with Crippen molar-refractivity contribution < 1.29 is 17.6 Å². The molecule has 0 spiro atoms. The Morgan fingerprint density at radius 3 is 2.54 bits per heavy atom. The Labute approximate surface area is 151 Å². The molecule has 0 atom stereocenters. The minimum Gasteiger partial charge on any atom is -0.346 e. The molecule has 1 aromatic carbocycles. The van der Waals surface area contributed by atoms with Crippen LogP contribution in [0.1, 0.15) is 18.4 Å².